The molecule has 4 aromatic rings. The number of nitrogens with zero attached hydrogens (tertiary/aromatic N) is 7. The highest BCUT2D eigenvalue weighted by molar-refractivity contribution is 5.61. The molecule has 32 heavy (non-hydrogen) atoms. The predicted octanol–water partition coefficient (Wildman–Crippen LogP) is 3.12. The highest BCUT2D eigenvalue weighted by atomic mass is 19.1. The maximum atomic E-state index is 14.0. The molecule has 1 aliphatic heterocycles. The summed E-state index contributed by atoms with van der Waals surface area (Å²) in [6.07, 6.45) is 5.48. The summed E-state index contributed by atoms with van der Waals surface area (Å²) in [7, 11) is 1.54. The van der Waals surface area contributed by atoms with Crippen LogP contribution < -0.4 is 9.64 Å². The Balaban J connectivity index is 1.56. The van der Waals surface area contributed by atoms with Gasteiger partial charge in [0.05, 0.1) is 37.8 Å². The first-order valence-corrected chi connectivity index (χ1v) is 10.4. The second kappa shape index (κ2) is 8.12. The smallest absolute Gasteiger partial charge is 0.218 e. The quantitative estimate of drug-likeness (QED) is 0.510. The first-order chi connectivity index (χ1) is 15.5. The van der Waals surface area contributed by atoms with Gasteiger partial charge in [-0.15, -0.1) is 10.2 Å². The molecule has 0 radical (unpaired) electrons. The van der Waals surface area contributed by atoms with E-state index in [9.17, 15) is 9.50 Å². The van der Waals surface area contributed by atoms with Crippen molar-refractivity contribution in [3.05, 3.63) is 59.8 Å². The number of methoxy groups -OCH3 is 1. The number of pyridine rings is 1. The van der Waals surface area contributed by atoms with Crippen LogP contribution in [0.3, 0.4) is 0 Å². The third kappa shape index (κ3) is 3.52. The van der Waals surface area contributed by atoms with Crippen molar-refractivity contribution >= 4 is 11.5 Å². The van der Waals surface area contributed by atoms with Crippen molar-refractivity contribution < 1.29 is 14.2 Å². The minimum absolute atomic E-state index is 0.108. The molecule has 0 aromatic carbocycles. The Morgan fingerprint density at radius 3 is 2.88 bits per heavy atom. The van der Waals surface area contributed by atoms with Crippen molar-refractivity contribution in [2.45, 2.75) is 31.9 Å². The highest BCUT2D eigenvalue weighted by Gasteiger charge is 2.31. The largest absolute Gasteiger partial charge is 0.481 e. The van der Waals surface area contributed by atoms with Crippen LogP contribution in [0.25, 0.3) is 17.0 Å². The minimum atomic E-state index is -0.660. The molecule has 1 unspecified atom stereocenters. The molecule has 0 saturated carbocycles. The van der Waals surface area contributed by atoms with Crippen LogP contribution in [0, 0.1) is 5.82 Å². The normalized spacial score (nSPS) is 17.1. The van der Waals surface area contributed by atoms with Gasteiger partial charge in [0.25, 0.3) is 0 Å². The van der Waals surface area contributed by atoms with Gasteiger partial charge in [-0.2, -0.15) is 5.10 Å². The fraction of sp³-hybridized carbons (Fsp3) is 0.318. The van der Waals surface area contributed by atoms with E-state index < -0.39 is 11.9 Å². The molecular formula is C22H22FN7O2. The van der Waals surface area contributed by atoms with E-state index in [0.29, 0.717) is 34.0 Å². The van der Waals surface area contributed by atoms with Crippen molar-refractivity contribution in [2.75, 3.05) is 18.6 Å². The van der Waals surface area contributed by atoms with Gasteiger partial charge in [-0.1, -0.05) is 0 Å². The Kier molecular flexibility index (Phi) is 5.14. The Morgan fingerprint density at radius 1 is 1.19 bits per heavy atom. The fourth-order valence-electron chi connectivity index (χ4n) is 4.14. The molecule has 4 aromatic heterocycles. The number of fused-ring (bicyclic) bond motifs is 1. The summed E-state index contributed by atoms with van der Waals surface area (Å²) in [5, 5.41) is 22.9. The van der Waals surface area contributed by atoms with Crippen LogP contribution in [0.2, 0.25) is 0 Å². The van der Waals surface area contributed by atoms with Gasteiger partial charge >= 0.3 is 0 Å². The lowest BCUT2D eigenvalue weighted by molar-refractivity contribution is 0.198. The van der Waals surface area contributed by atoms with E-state index in [2.05, 4.69) is 25.1 Å². The van der Waals surface area contributed by atoms with Gasteiger partial charge in [0.2, 0.25) is 5.88 Å². The molecule has 9 nitrogen and oxygen atoms in total. The van der Waals surface area contributed by atoms with Crippen molar-refractivity contribution in [2.24, 2.45) is 0 Å². The summed E-state index contributed by atoms with van der Waals surface area (Å²) in [5.41, 5.74) is 3.25. The average Bonchev–Trinajstić information content (AvgIpc) is 3.46. The van der Waals surface area contributed by atoms with Crippen molar-refractivity contribution in [1.82, 2.24) is 29.8 Å². The topological polar surface area (TPSA) is 102 Å². The molecule has 1 fully saturated rings. The number of hydrogen-bond donors (Lipinski definition) is 1. The zero-order valence-corrected chi connectivity index (χ0v) is 17.7. The minimum Gasteiger partial charge on any atom is -0.481 e. The molecule has 1 saturated heterocycles. The number of imidazole rings is 1. The standard InChI is InChI=1S/C22H22FN7O2/c1-13(31)14-8-17(27-26-10-14)19-12-24-20-5-6-21(28-30(19)20)29-7-3-4-18(29)16-9-15(23)11-25-22(16)32-2/h5-6,8-13,18,31H,3-4,7H2,1-2H3/t13-,18?/m1/s1. The van der Waals surface area contributed by atoms with Gasteiger partial charge in [0.15, 0.2) is 5.65 Å². The summed E-state index contributed by atoms with van der Waals surface area (Å²) < 4.78 is 21.1. The molecular weight excluding hydrogens is 413 g/mol. The second-order valence-electron chi connectivity index (χ2n) is 7.76. The molecule has 164 valence electrons. The summed E-state index contributed by atoms with van der Waals surface area (Å²) in [6.45, 7) is 2.44. The molecule has 5 rings (SSSR count). The highest BCUT2D eigenvalue weighted by Crippen LogP contribution is 2.39. The van der Waals surface area contributed by atoms with Crippen LogP contribution in [-0.4, -0.2) is 48.5 Å². The van der Waals surface area contributed by atoms with E-state index in [1.165, 1.54) is 19.4 Å². The lowest BCUT2D eigenvalue weighted by Crippen LogP contribution is -2.25. The summed E-state index contributed by atoms with van der Waals surface area (Å²) in [5.74, 6) is 0.743. The molecule has 0 spiro atoms. The van der Waals surface area contributed by atoms with Crippen LogP contribution >= 0.6 is 0 Å². The van der Waals surface area contributed by atoms with Crippen molar-refractivity contribution in [3.63, 3.8) is 0 Å². The number of aliphatic hydroxyl groups excluding tert-OH is 1. The lowest BCUT2D eigenvalue weighted by Gasteiger charge is -2.26. The van der Waals surface area contributed by atoms with Gasteiger partial charge < -0.3 is 14.7 Å². The number of ether oxygens (including phenoxy) is 1. The van der Waals surface area contributed by atoms with Gasteiger partial charge in [-0.3, -0.25) is 0 Å². The predicted molar refractivity (Wildman–Crippen MR) is 115 cm³/mol. The Labute approximate surface area is 183 Å². The molecule has 1 aliphatic rings. The van der Waals surface area contributed by atoms with Crippen LogP contribution in [0.15, 0.2) is 42.9 Å². The molecule has 2 atom stereocenters. The fourth-order valence-corrected chi connectivity index (χ4v) is 4.14. The molecule has 0 bridgehead atoms. The van der Waals surface area contributed by atoms with E-state index >= 15 is 0 Å². The van der Waals surface area contributed by atoms with E-state index in [4.69, 9.17) is 9.84 Å². The zero-order valence-electron chi connectivity index (χ0n) is 17.7. The summed E-state index contributed by atoms with van der Waals surface area (Å²) in [6, 6.07) is 6.93. The van der Waals surface area contributed by atoms with E-state index in [-0.39, 0.29) is 6.04 Å². The molecule has 10 heteroatoms. The zero-order chi connectivity index (χ0) is 22.2. The van der Waals surface area contributed by atoms with Gasteiger partial charge in [0, 0.05) is 17.7 Å². The third-order valence-corrected chi connectivity index (χ3v) is 5.71. The number of anilines is 1. The van der Waals surface area contributed by atoms with Gasteiger partial charge in [-0.05, 0) is 44.0 Å². The van der Waals surface area contributed by atoms with Crippen LogP contribution in [0.5, 0.6) is 5.88 Å². The van der Waals surface area contributed by atoms with Crippen LogP contribution in [0.4, 0.5) is 10.2 Å². The average molecular weight is 435 g/mol. The van der Waals surface area contributed by atoms with Gasteiger partial charge in [0.1, 0.15) is 23.0 Å². The number of aliphatic hydroxyl groups is 1. The second-order valence-corrected chi connectivity index (χ2v) is 7.76. The summed E-state index contributed by atoms with van der Waals surface area (Å²) >= 11 is 0. The molecule has 0 amide bonds. The maximum Gasteiger partial charge on any atom is 0.218 e. The third-order valence-electron chi connectivity index (χ3n) is 5.71. The number of aromatic nitrogens is 6. The Morgan fingerprint density at radius 2 is 2.06 bits per heavy atom. The molecule has 5 heterocycles. The van der Waals surface area contributed by atoms with Crippen molar-refractivity contribution in [1.29, 1.82) is 0 Å². The molecule has 1 N–H and O–H groups in total. The summed E-state index contributed by atoms with van der Waals surface area (Å²) in [4.78, 5) is 10.6. The van der Waals surface area contributed by atoms with Crippen molar-refractivity contribution in [3.8, 4) is 17.3 Å². The number of halogens is 1. The molecule has 0 aliphatic carbocycles. The first kappa shape index (κ1) is 20.3. The first-order valence-electron chi connectivity index (χ1n) is 10.4. The Bertz CT molecular complexity index is 1280. The van der Waals surface area contributed by atoms with Crippen LogP contribution in [0.1, 0.15) is 43.0 Å². The van der Waals surface area contributed by atoms with Crippen LogP contribution in [-0.2, 0) is 0 Å². The van der Waals surface area contributed by atoms with Gasteiger partial charge in [-0.25, -0.2) is 18.9 Å². The van der Waals surface area contributed by atoms with E-state index in [0.717, 1.165) is 31.4 Å². The maximum absolute atomic E-state index is 14.0. The number of rotatable bonds is 5. The number of hydrogen-bond acceptors (Lipinski definition) is 8. The SMILES string of the molecule is COc1ncc(F)cc1C1CCCN1c1ccc2ncc(-c3cc([C@@H](C)O)cnn3)n2n1. The lowest BCUT2D eigenvalue weighted by atomic mass is 10.1. The van der Waals surface area contributed by atoms with E-state index in [1.807, 2.05) is 12.1 Å². The van der Waals surface area contributed by atoms with E-state index in [1.54, 1.807) is 23.7 Å². The monoisotopic (exact) mass is 435 g/mol. The Hall–Kier alpha value is -3.66.